The summed E-state index contributed by atoms with van der Waals surface area (Å²) in [5.74, 6) is -0.292. The molecule has 2 aliphatic heterocycles. The van der Waals surface area contributed by atoms with E-state index in [-0.39, 0.29) is 31.2 Å². The Bertz CT molecular complexity index is 1130. The average Bonchev–Trinajstić information content (AvgIpc) is 2.97. The van der Waals surface area contributed by atoms with Crippen molar-refractivity contribution in [1.82, 2.24) is 20.2 Å². The van der Waals surface area contributed by atoms with E-state index in [4.69, 9.17) is 19.0 Å². The predicted molar refractivity (Wildman–Crippen MR) is 168 cm³/mol. The number of amides is 4. The minimum Gasteiger partial charge on any atom is -0.445 e. The summed E-state index contributed by atoms with van der Waals surface area (Å²) in [6.07, 6.45) is 1.82. The van der Waals surface area contributed by atoms with Crippen molar-refractivity contribution in [3.8, 4) is 0 Å². The van der Waals surface area contributed by atoms with Crippen molar-refractivity contribution >= 4 is 24.2 Å². The second-order valence-electron chi connectivity index (χ2n) is 13.7. The SMILES string of the molecule is CCCCON(C(=O)OC(C)(C)C)[C@@H]1CC[C@@H](C(=O)NC2CCN(C(=O)OCc3ccccc3)CC2)N(C(=O)OC(C)(C)C)C1. The van der Waals surface area contributed by atoms with Gasteiger partial charge in [0.15, 0.2) is 0 Å². The molecule has 1 N–H and O–H groups in total. The molecule has 2 aliphatic rings. The van der Waals surface area contributed by atoms with E-state index in [2.05, 4.69) is 5.32 Å². The normalized spacial score (nSPS) is 19.4. The molecule has 0 spiro atoms. The van der Waals surface area contributed by atoms with Gasteiger partial charge >= 0.3 is 18.3 Å². The lowest BCUT2D eigenvalue weighted by Crippen LogP contribution is -2.61. The number of likely N-dealkylation sites (tertiary alicyclic amines) is 2. The molecule has 2 saturated heterocycles. The fraction of sp³-hybridized carbons (Fsp3) is 0.697. The Labute approximate surface area is 267 Å². The Morgan fingerprint density at radius 2 is 1.53 bits per heavy atom. The molecule has 2 fully saturated rings. The number of unbranched alkanes of at least 4 members (excludes halogenated alkanes) is 1. The molecule has 2 heterocycles. The van der Waals surface area contributed by atoms with E-state index in [9.17, 15) is 19.2 Å². The molecule has 45 heavy (non-hydrogen) atoms. The van der Waals surface area contributed by atoms with E-state index in [1.54, 1.807) is 46.4 Å². The molecule has 0 bridgehead atoms. The van der Waals surface area contributed by atoms with Crippen LogP contribution in [-0.2, 0) is 30.4 Å². The minimum absolute atomic E-state index is 0.0457. The van der Waals surface area contributed by atoms with Crippen LogP contribution in [-0.4, -0.2) is 94.6 Å². The van der Waals surface area contributed by atoms with E-state index in [0.717, 1.165) is 18.4 Å². The van der Waals surface area contributed by atoms with Gasteiger partial charge in [0.25, 0.3) is 0 Å². The van der Waals surface area contributed by atoms with Crippen LogP contribution in [0.25, 0.3) is 0 Å². The first-order chi connectivity index (χ1) is 21.2. The monoisotopic (exact) mass is 632 g/mol. The molecule has 0 saturated carbocycles. The van der Waals surface area contributed by atoms with Gasteiger partial charge in [0.05, 0.1) is 12.6 Å². The van der Waals surface area contributed by atoms with Gasteiger partial charge in [-0.2, -0.15) is 5.06 Å². The third-order valence-electron chi connectivity index (χ3n) is 7.43. The van der Waals surface area contributed by atoms with Gasteiger partial charge in [-0.3, -0.25) is 14.5 Å². The molecule has 0 aliphatic carbocycles. The van der Waals surface area contributed by atoms with E-state index in [0.29, 0.717) is 45.4 Å². The van der Waals surface area contributed by atoms with Crippen LogP contribution >= 0.6 is 0 Å². The van der Waals surface area contributed by atoms with E-state index < -0.39 is 35.5 Å². The van der Waals surface area contributed by atoms with Crippen molar-refractivity contribution in [3.05, 3.63) is 35.9 Å². The molecule has 1 aromatic carbocycles. The van der Waals surface area contributed by atoms with Gasteiger partial charge in [-0.15, -0.1) is 0 Å². The Balaban J connectivity index is 1.64. The summed E-state index contributed by atoms with van der Waals surface area (Å²) in [7, 11) is 0. The highest BCUT2D eigenvalue weighted by Crippen LogP contribution is 2.26. The third-order valence-corrected chi connectivity index (χ3v) is 7.43. The molecule has 252 valence electrons. The zero-order chi connectivity index (χ0) is 33.2. The molecule has 0 aromatic heterocycles. The number of ether oxygens (including phenoxy) is 3. The largest absolute Gasteiger partial charge is 0.445 e. The standard InChI is InChI=1S/C33H52N4O8/c1-8-9-21-43-37(31(41)45-33(5,6)7)26-15-16-27(36(22-26)30(40)44-32(2,3)4)28(38)34-25-17-19-35(20-18-25)29(39)42-23-24-13-11-10-12-14-24/h10-14,25-27H,8-9,15-23H2,1-7H3,(H,34,38)/t26-,27+/m1/s1. The summed E-state index contributed by atoms with van der Waals surface area (Å²) >= 11 is 0. The molecule has 0 radical (unpaired) electrons. The molecular weight excluding hydrogens is 580 g/mol. The number of hydroxylamine groups is 2. The summed E-state index contributed by atoms with van der Waals surface area (Å²) in [5, 5.41) is 4.31. The van der Waals surface area contributed by atoms with Crippen LogP contribution in [0.15, 0.2) is 30.3 Å². The summed E-state index contributed by atoms with van der Waals surface area (Å²) in [5.41, 5.74) is -0.603. The number of carbonyl (C=O) groups excluding carboxylic acids is 4. The van der Waals surface area contributed by atoms with E-state index in [1.165, 1.54) is 9.96 Å². The smallest absolute Gasteiger partial charge is 0.434 e. The summed E-state index contributed by atoms with van der Waals surface area (Å²) < 4.78 is 16.8. The van der Waals surface area contributed by atoms with Crippen LogP contribution in [0.3, 0.4) is 0 Å². The number of nitrogens with one attached hydrogen (secondary N) is 1. The maximum Gasteiger partial charge on any atom is 0.434 e. The summed E-state index contributed by atoms with van der Waals surface area (Å²) in [4.78, 5) is 61.7. The number of piperidine rings is 2. The van der Waals surface area contributed by atoms with Crippen molar-refractivity contribution in [3.63, 3.8) is 0 Å². The van der Waals surface area contributed by atoms with Crippen molar-refractivity contribution < 1.29 is 38.2 Å². The van der Waals surface area contributed by atoms with Gasteiger partial charge in [0.1, 0.15) is 23.9 Å². The van der Waals surface area contributed by atoms with Gasteiger partial charge in [-0.05, 0) is 79.2 Å². The van der Waals surface area contributed by atoms with Crippen molar-refractivity contribution in [2.45, 2.75) is 123 Å². The van der Waals surface area contributed by atoms with Crippen LogP contribution in [0, 0.1) is 0 Å². The zero-order valence-corrected chi connectivity index (χ0v) is 28.0. The lowest BCUT2D eigenvalue weighted by molar-refractivity contribution is -0.182. The lowest BCUT2D eigenvalue weighted by Gasteiger charge is -2.43. The zero-order valence-electron chi connectivity index (χ0n) is 28.0. The highest BCUT2D eigenvalue weighted by molar-refractivity contribution is 5.86. The lowest BCUT2D eigenvalue weighted by atomic mass is 9.96. The maximum absolute atomic E-state index is 13.6. The van der Waals surface area contributed by atoms with Crippen LogP contribution < -0.4 is 5.32 Å². The van der Waals surface area contributed by atoms with Crippen molar-refractivity contribution in [2.75, 3.05) is 26.2 Å². The number of carbonyl (C=O) groups is 4. The quantitative estimate of drug-likeness (QED) is 0.211. The number of nitrogens with zero attached hydrogens (tertiary/aromatic N) is 3. The van der Waals surface area contributed by atoms with Gasteiger partial charge in [0.2, 0.25) is 5.91 Å². The van der Waals surface area contributed by atoms with Gasteiger partial charge in [0, 0.05) is 25.7 Å². The highest BCUT2D eigenvalue weighted by atomic mass is 16.7. The summed E-state index contributed by atoms with van der Waals surface area (Å²) in [6, 6.07) is 8.02. The number of rotatable bonds is 9. The number of hydrogen-bond acceptors (Lipinski definition) is 8. The Morgan fingerprint density at radius 3 is 2.13 bits per heavy atom. The fourth-order valence-electron chi connectivity index (χ4n) is 5.17. The molecule has 2 atom stereocenters. The van der Waals surface area contributed by atoms with Crippen LogP contribution in [0.5, 0.6) is 0 Å². The van der Waals surface area contributed by atoms with E-state index in [1.807, 2.05) is 37.3 Å². The van der Waals surface area contributed by atoms with Gasteiger partial charge < -0.3 is 24.4 Å². The Kier molecular flexibility index (Phi) is 12.9. The second-order valence-corrected chi connectivity index (χ2v) is 13.7. The molecule has 3 rings (SSSR count). The third kappa shape index (κ3) is 11.7. The summed E-state index contributed by atoms with van der Waals surface area (Å²) in [6.45, 7) is 14.1. The molecule has 4 amide bonds. The highest BCUT2D eigenvalue weighted by Gasteiger charge is 2.43. The van der Waals surface area contributed by atoms with Crippen molar-refractivity contribution in [1.29, 1.82) is 0 Å². The minimum atomic E-state index is -0.791. The Hall–Kier alpha value is -3.54. The first-order valence-corrected chi connectivity index (χ1v) is 16.1. The number of benzene rings is 1. The average molecular weight is 633 g/mol. The topological polar surface area (TPSA) is 127 Å². The predicted octanol–water partition coefficient (Wildman–Crippen LogP) is 5.64. The maximum atomic E-state index is 13.6. The fourth-order valence-corrected chi connectivity index (χ4v) is 5.17. The second kappa shape index (κ2) is 16.1. The van der Waals surface area contributed by atoms with Crippen molar-refractivity contribution in [2.24, 2.45) is 0 Å². The van der Waals surface area contributed by atoms with Crippen LogP contribution in [0.2, 0.25) is 0 Å². The first kappa shape index (κ1) is 35.9. The van der Waals surface area contributed by atoms with E-state index >= 15 is 0 Å². The number of hydrogen-bond donors (Lipinski definition) is 1. The molecule has 1 aromatic rings. The van der Waals surface area contributed by atoms with Gasteiger partial charge in [-0.25, -0.2) is 14.4 Å². The Morgan fingerprint density at radius 1 is 0.889 bits per heavy atom. The first-order valence-electron chi connectivity index (χ1n) is 16.1. The van der Waals surface area contributed by atoms with Gasteiger partial charge in [-0.1, -0.05) is 43.7 Å². The molecule has 12 heteroatoms. The van der Waals surface area contributed by atoms with Crippen LogP contribution in [0.4, 0.5) is 14.4 Å². The molecule has 0 unspecified atom stereocenters. The molecule has 12 nitrogen and oxygen atoms in total. The van der Waals surface area contributed by atoms with Crippen LogP contribution in [0.1, 0.15) is 92.6 Å². The molecular formula is C33H52N4O8.